The van der Waals surface area contributed by atoms with Crippen LogP contribution in [-0.4, -0.2) is 10.9 Å². The van der Waals surface area contributed by atoms with E-state index in [1.807, 2.05) is 0 Å². The van der Waals surface area contributed by atoms with Crippen molar-refractivity contribution in [3.63, 3.8) is 0 Å². The number of amides is 1. The predicted octanol–water partition coefficient (Wildman–Crippen LogP) is 4.15. The number of nitrogens with one attached hydrogen (secondary N) is 2. The molecule has 0 atom stereocenters. The van der Waals surface area contributed by atoms with Crippen LogP contribution in [-0.2, 0) is 6.54 Å². The van der Waals surface area contributed by atoms with Crippen molar-refractivity contribution in [2.45, 2.75) is 6.54 Å². The van der Waals surface area contributed by atoms with E-state index in [1.54, 1.807) is 0 Å². The van der Waals surface area contributed by atoms with Gasteiger partial charge >= 0.3 is 0 Å². The van der Waals surface area contributed by atoms with Crippen LogP contribution in [0.2, 0.25) is 0 Å². The molecule has 26 heavy (non-hydrogen) atoms. The van der Waals surface area contributed by atoms with Crippen molar-refractivity contribution in [1.82, 2.24) is 10.3 Å². The Hall–Kier alpha value is -3.35. The van der Waals surface area contributed by atoms with Crippen LogP contribution >= 0.6 is 0 Å². The molecule has 0 saturated carbocycles. The minimum Gasteiger partial charge on any atom is -0.355 e. The number of carbonyl (C=O) groups excluding carboxylic acids is 1. The topological polar surface area (TPSA) is 54.0 Å². The van der Waals surface area contributed by atoms with Crippen molar-refractivity contribution >= 4 is 17.3 Å². The molecule has 1 amide bonds. The highest BCUT2D eigenvalue weighted by molar-refractivity contribution is 6.04. The summed E-state index contributed by atoms with van der Waals surface area (Å²) in [7, 11) is 0. The lowest BCUT2D eigenvalue weighted by Crippen LogP contribution is -2.13. The molecule has 4 nitrogen and oxygen atoms in total. The number of hydrogen-bond donors (Lipinski definition) is 2. The van der Waals surface area contributed by atoms with E-state index in [-0.39, 0.29) is 23.7 Å². The van der Waals surface area contributed by atoms with Crippen LogP contribution in [0.1, 0.15) is 16.1 Å². The van der Waals surface area contributed by atoms with E-state index in [1.165, 1.54) is 36.4 Å². The smallest absolute Gasteiger partial charge is 0.255 e. The number of fused-ring (bicyclic) bond motifs is 1. The van der Waals surface area contributed by atoms with Crippen LogP contribution < -0.4 is 10.6 Å². The number of aromatic nitrogens is 1. The molecule has 0 fully saturated rings. The van der Waals surface area contributed by atoms with Gasteiger partial charge in [0.15, 0.2) is 0 Å². The highest BCUT2D eigenvalue weighted by atomic mass is 19.1. The van der Waals surface area contributed by atoms with Gasteiger partial charge in [0, 0.05) is 5.69 Å². The summed E-state index contributed by atoms with van der Waals surface area (Å²) >= 11 is 0. The fourth-order valence-electron chi connectivity index (χ4n) is 2.89. The van der Waals surface area contributed by atoms with Crippen LogP contribution in [0.25, 0.3) is 11.3 Å². The fourth-order valence-corrected chi connectivity index (χ4v) is 2.89. The first-order valence-corrected chi connectivity index (χ1v) is 7.82. The van der Waals surface area contributed by atoms with Crippen molar-refractivity contribution in [3.8, 4) is 11.3 Å². The number of anilines is 2. The van der Waals surface area contributed by atoms with Gasteiger partial charge in [0.25, 0.3) is 5.91 Å². The largest absolute Gasteiger partial charge is 0.355 e. The van der Waals surface area contributed by atoms with E-state index in [4.69, 9.17) is 0 Å². The van der Waals surface area contributed by atoms with Gasteiger partial charge in [-0.1, -0.05) is 6.07 Å². The number of hydrogen-bond acceptors (Lipinski definition) is 3. The monoisotopic (exact) mass is 355 g/mol. The maximum atomic E-state index is 14.1. The van der Waals surface area contributed by atoms with Crippen molar-refractivity contribution in [1.29, 1.82) is 0 Å². The number of nitrogens with zero attached hydrogens (tertiary/aromatic N) is 1. The second kappa shape index (κ2) is 6.18. The lowest BCUT2D eigenvalue weighted by atomic mass is 10.1. The lowest BCUT2D eigenvalue weighted by molar-refractivity contribution is 0.0966. The Morgan fingerprint density at radius 2 is 1.65 bits per heavy atom. The van der Waals surface area contributed by atoms with Crippen LogP contribution in [0.3, 0.4) is 0 Å². The van der Waals surface area contributed by atoms with Crippen LogP contribution in [0, 0.1) is 17.5 Å². The Balaban J connectivity index is 1.86. The minimum absolute atomic E-state index is 0.0699. The Kier molecular flexibility index (Phi) is 3.84. The first kappa shape index (κ1) is 16.1. The quantitative estimate of drug-likeness (QED) is 0.742. The molecule has 2 aromatic carbocycles. The minimum atomic E-state index is -0.748. The molecule has 2 N–H and O–H groups in total. The summed E-state index contributed by atoms with van der Waals surface area (Å²) in [6, 6.07) is 10.5. The Labute approximate surface area is 146 Å². The summed E-state index contributed by atoms with van der Waals surface area (Å²) in [5, 5.41) is 5.64. The molecule has 3 aromatic rings. The molecule has 1 aromatic heterocycles. The van der Waals surface area contributed by atoms with E-state index in [9.17, 15) is 18.0 Å². The summed E-state index contributed by atoms with van der Waals surface area (Å²) in [5.74, 6) is -2.23. The normalized spacial score (nSPS) is 12.7. The van der Waals surface area contributed by atoms with E-state index in [0.29, 0.717) is 22.6 Å². The van der Waals surface area contributed by atoms with Crippen molar-refractivity contribution < 1.29 is 18.0 Å². The lowest BCUT2D eigenvalue weighted by Gasteiger charge is -2.13. The maximum absolute atomic E-state index is 14.1. The number of pyridine rings is 1. The van der Waals surface area contributed by atoms with Gasteiger partial charge in [-0.3, -0.25) is 4.79 Å². The summed E-state index contributed by atoms with van der Waals surface area (Å²) in [5.41, 5.74) is 1.36. The van der Waals surface area contributed by atoms with E-state index < -0.39 is 17.5 Å². The first-order chi connectivity index (χ1) is 12.5. The zero-order valence-electron chi connectivity index (χ0n) is 13.3. The van der Waals surface area contributed by atoms with Crippen molar-refractivity contribution in [2.75, 3.05) is 5.32 Å². The number of rotatable bonds is 3. The zero-order valence-corrected chi connectivity index (χ0v) is 13.3. The number of carbonyl (C=O) groups is 1. The van der Waals surface area contributed by atoms with Gasteiger partial charge in [-0.25, -0.2) is 18.2 Å². The molecular formula is C19H12F3N3O. The number of benzene rings is 2. The molecular weight excluding hydrogens is 343 g/mol. The molecule has 0 spiro atoms. The molecule has 0 unspecified atom stereocenters. The van der Waals surface area contributed by atoms with Crippen LogP contribution in [0.4, 0.5) is 24.5 Å². The van der Waals surface area contributed by atoms with E-state index in [0.717, 1.165) is 12.1 Å². The SMILES string of the molecule is O=C1NCc2nc(-c3c(F)cccc3F)cc(Nc3ccc(F)cc3)c21. The van der Waals surface area contributed by atoms with Crippen molar-refractivity contribution in [3.05, 3.63) is 77.2 Å². The molecule has 0 bridgehead atoms. The third-order valence-electron chi connectivity index (χ3n) is 4.08. The third-order valence-corrected chi connectivity index (χ3v) is 4.08. The maximum Gasteiger partial charge on any atom is 0.255 e. The third kappa shape index (κ3) is 2.77. The Bertz CT molecular complexity index is 999. The summed E-state index contributed by atoms with van der Waals surface area (Å²) in [6.07, 6.45) is 0. The average molecular weight is 355 g/mol. The second-order valence-electron chi connectivity index (χ2n) is 5.79. The number of halogens is 3. The molecule has 1 aliphatic heterocycles. The molecule has 4 rings (SSSR count). The molecule has 7 heteroatoms. The highest BCUT2D eigenvalue weighted by Gasteiger charge is 2.27. The molecule has 2 heterocycles. The van der Waals surface area contributed by atoms with Gasteiger partial charge in [-0.15, -0.1) is 0 Å². The van der Waals surface area contributed by atoms with Gasteiger partial charge in [-0.05, 0) is 42.5 Å². The van der Waals surface area contributed by atoms with Crippen LogP contribution in [0.15, 0.2) is 48.5 Å². The molecule has 1 aliphatic rings. The molecule has 0 radical (unpaired) electrons. The van der Waals surface area contributed by atoms with Crippen LogP contribution in [0.5, 0.6) is 0 Å². The predicted molar refractivity (Wildman–Crippen MR) is 90.4 cm³/mol. The van der Waals surface area contributed by atoms with E-state index >= 15 is 0 Å². The average Bonchev–Trinajstić information content (AvgIpc) is 2.98. The van der Waals surface area contributed by atoms with Gasteiger partial charge in [0.1, 0.15) is 17.5 Å². The van der Waals surface area contributed by atoms with Gasteiger partial charge in [0.2, 0.25) is 0 Å². The first-order valence-electron chi connectivity index (χ1n) is 7.82. The second-order valence-corrected chi connectivity index (χ2v) is 5.79. The molecule has 0 aliphatic carbocycles. The summed E-state index contributed by atoms with van der Waals surface area (Å²) in [4.78, 5) is 16.4. The highest BCUT2D eigenvalue weighted by Crippen LogP contribution is 2.33. The zero-order chi connectivity index (χ0) is 18.3. The summed E-state index contributed by atoms with van der Waals surface area (Å²) in [6.45, 7) is 0.163. The standard InChI is InChI=1S/C19H12F3N3O/c20-10-4-6-11(7-5-10)24-15-8-14(17-12(21)2-1-3-13(17)22)25-16-9-23-19(26)18(15)16/h1-8H,9H2,(H,23,26)(H,24,25). The van der Waals surface area contributed by atoms with Crippen molar-refractivity contribution in [2.24, 2.45) is 0 Å². The molecule has 0 saturated heterocycles. The molecule has 130 valence electrons. The Morgan fingerprint density at radius 1 is 0.962 bits per heavy atom. The van der Waals surface area contributed by atoms with Gasteiger partial charge in [-0.2, -0.15) is 0 Å². The van der Waals surface area contributed by atoms with Gasteiger partial charge < -0.3 is 10.6 Å². The fraction of sp³-hybridized carbons (Fsp3) is 0.0526. The van der Waals surface area contributed by atoms with Gasteiger partial charge in [0.05, 0.1) is 34.7 Å². The Morgan fingerprint density at radius 3 is 2.35 bits per heavy atom. The summed E-state index contributed by atoms with van der Waals surface area (Å²) < 4.78 is 41.4. The van der Waals surface area contributed by atoms with E-state index in [2.05, 4.69) is 15.6 Å².